The quantitative estimate of drug-likeness (QED) is 0.275. The normalized spacial score (nSPS) is 12.1. The summed E-state index contributed by atoms with van der Waals surface area (Å²) in [6, 6.07) is 27.7. The van der Waals surface area contributed by atoms with Gasteiger partial charge in [0.2, 0.25) is 0 Å². The van der Waals surface area contributed by atoms with E-state index in [1.54, 1.807) is 0 Å². The van der Waals surface area contributed by atoms with Crippen molar-refractivity contribution < 1.29 is 14.6 Å². The molecule has 0 radical (unpaired) electrons. The highest BCUT2D eigenvalue weighted by atomic mass is 16.5. The highest BCUT2D eigenvalue weighted by Gasteiger charge is 2.20. The van der Waals surface area contributed by atoms with Crippen LogP contribution in [0, 0.1) is 0 Å². The maximum atomic E-state index is 13.4. The van der Waals surface area contributed by atoms with Gasteiger partial charge in [0, 0.05) is 17.1 Å². The summed E-state index contributed by atoms with van der Waals surface area (Å²) >= 11 is 0. The lowest BCUT2D eigenvalue weighted by Gasteiger charge is -2.18. The third-order valence-corrected chi connectivity index (χ3v) is 6.32. The smallest absolute Gasteiger partial charge is 0.255 e. The number of aliphatic hydroxyl groups excluding tert-OH is 1. The van der Waals surface area contributed by atoms with Gasteiger partial charge in [-0.25, -0.2) is 0 Å². The zero-order valence-corrected chi connectivity index (χ0v) is 19.6. The summed E-state index contributed by atoms with van der Waals surface area (Å²) in [5.41, 5.74) is 4.53. The first-order valence-corrected chi connectivity index (χ1v) is 11.9. The van der Waals surface area contributed by atoms with Crippen LogP contribution in [0.5, 0.6) is 5.75 Å². The van der Waals surface area contributed by atoms with E-state index in [0.29, 0.717) is 24.3 Å². The van der Waals surface area contributed by atoms with Crippen LogP contribution >= 0.6 is 0 Å². The summed E-state index contributed by atoms with van der Waals surface area (Å²) in [5.74, 6) is 0.257. The van der Waals surface area contributed by atoms with Crippen LogP contribution < -0.4 is 10.1 Å². The maximum absolute atomic E-state index is 13.4. The number of benzene rings is 4. The van der Waals surface area contributed by atoms with Crippen LogP contribution in [0.2, 0.25) is 0 Å². The number of para-hydroxylation sites is 1. The standard InChI is InChI=1S/C30H28N2O3/c1-2-35-29-15-14-21(25-12-7-9-20-8-3-4-10-24(20)25)17-27(29)30(34)32-23(19-33)16-22-18-31-28-13-6-5-11-26(22)28/h3-15,17-18,23,31,33H,2,16,19H2,1H3,(H,32,34). The number of rotatable bonds is 8. The molecular weight excluding hydrogens is 436 g/mol. The van der Waals surface area contributed by atoms with Crippen LogP contribution in [0.15, 0.2) is 91.1 Å². The molecule has 1 heterocycles. The molecule has 0 bridgehead atoms. The minimum atomic E-state index is -0.433. The number of H-pyrrole nitrogens is 1. The van der Waals surface area contributed by atoms with E-state index in [-0.39, 0.29) is 12.5 Å². The second kappa shape index (κ2) is 10.0. The summed E-state index contributed by atoms with van der Waals surface area (Å²) in [6.07, 6.45) is 2.45. The van der Waals surface area contributed by atoms with E-state index >= 15 is 0 Å². The number of carbonyl (C=O) groups is 1. The highest BCUT2D eigenvalue weighted by molar-refractivity contribution is 6.01. The third kappa shape index (κ3) is 4.63. The predicted molar refractivity (Wildman–Crippen MR) is 141 cm³/mol. The molecule has 176 valence electrons. The number of amides is 1. The predicted octanol–water partition coefficient (Wildman–Crippen LogP) is 5.72. The molecule has 1 unspecified atom stereocenters. The molecule has 0 aliphatic rings. The van der Waals surface area contributed by atoms with Gasteiger partial charge in [-0.05, 0) is 59.0 Å². The zero-order chi connectivity index (χ0) is 24.2. The molecule has 1 aromatic heterocycles. The lowest BCUT2D eigenvalue weighted by atomic mass is 9.96. The lowest BCUT2D eigenvalue weighted by molar-refractivity contribution is 0.0913. The Bertz CT molecular complexity index is 1480. The molecule has 0 aliphatic heterocycles. The van der Waals surface area contributed by atoms with Crippen molar-refractivity contribution in [2.24, 2.45) is 0 Å². The molecule has 5 heteroatoms. The number of carbonyl (C=O) groups excluding carboxylic acids is 1. The molecule has 0 aliphatic carbocycles. The van der Waals surface area contributed by atoms with Gasteiger partial charge in [0.05, 0.1) is 24.8 Å². The number of fused-ring (bicyclic) bond motifs is 2. The van der Waals surface area contributed by atoms with E-state index in [2.05, 4.69) is 34.6 Å². The van der Waals surface area contributed by atoms with Crippen LogP contribution in [0.25, 0.3) is 32.8 Å². The minimum absolute atomic E-state index is 0.168. The summed E-state index contributed by atoms with van der Waals surface area (Å²) in [6.45, 7) is 2.18. The second-order valence-electron chi connectivity index (χ2n) is 8.59. The van der Waals surface area contributed by atoms with Crippen molar-refractivity contribution in [3.63, 3.8) is 0 Å². The van der Waals surface area contributed by atoms with Crippen LogP contribution in [0.3, 0.4) is 0 Å². The third-order valence-electron chi connectivity index (χ3n) is 6.32. The van der Waals surface area contributed by atoms with Gasteiger partial charge in [-0.2, -0.15) is 0 Å². The molecule has 3 N–H and O–H groups in total. The van der Waals surface area contributed by atoms with Crippen LogP contribution in [-0.4, -0.2) is 35.3 Å². The Labute approximate surface area is 204 Å². The number of hydrogen-bond acceptors (Lipinski definition) is 3. The van der Waals surface area contributed by atoms with E-state index in [9.17, 15) is 9.90 Å². The van der Waals surface area contributed by atoms with Gasteiger partial charge in [0.25, 0.3) is 5.91 Å². The fourth-order valence-electron chi connectivity index (χ4n) is 4.62. The summed E-state index contributed by atoms with van der Waals surface area (Å²) in [5, 5.41) is 16.4. The molecule has 1 atom stereocenters. The topological polar surface area (TPSA) is 74.3 Å². The van der Waals surface area contributed by atoms with E-state index in [1.165, 1.54) is 0 Å². The molecule has 0 spiro atoms. The van der Waals surface area contributed by atoms with Crippen molar-refractivity contribution >= 4 is 27.6 Å². The fourth-order valence-corrected chi connectivity index (χ4v) is 4.62. The molecular formula is C30H28N2O3. The first-order chi connectivity index (χ1) is 17.2. The van der Waals surface area contributed by atoms with Gasteiger partial charge >= 0.3 is 0 Å². The largest absolute Gasteiger partial charge is 0.493 e. The van der Waals surface area contributed by atoms with Crippen molar-refractivity contribution in [1.82, 2.24) is 10.3 Å². The first-order valence-electron chi connectivity index (χ1n) is 11.9. The Morgan fingerprint density at radius 1 is 0.971 bits per heavy atom. The molecule has 5 rings (SSSR count). The number of aliphatic hydroxyl groups is 1. The fraction of sp³-hybridized carbons (Fsp3) is 0.167. The monoisotopic (exact) mass is 464 g/mol. The Balaban J connectivity index is 1.45. The molecule has 35 heavy (non-hydrogen) atoms. The van der Waals surface area contributed by atoms with Crippen LogP contribution in [0.4, 0.5) is 0 Å². The number of aromatic amines is 1. The highest BCUT2D eigenvalue weighted by Crippen LogP contribution is 2.32. The molecule has 5 aromatic rings. The van der Waals surface area contributed by atoms with E-state index in [1.807, 2.05) is 73.8 Å². The summed E-state index contributed by atoms with van der Waals surface area (Å²) in [7, 11) is 0. The Morgan fingerprint density at radius 2 is 1.74 bits per heavy atom. The molecule has 1 amide bonds. The lowest BCUT2D eigenvalue weighted by Crippen LogP contribution is -2.39. The minimum Gasteiger partial charge on any atom is -0.493 e. The van der Waals surface area contributed by atoms with Crippen molar-refractivity contribution in [1.29, 1.82) is 0 Å². The van der Waals surface area contributed by atoms with Gasteiger partial charge in [-0.3, -0.25) is 4.79 Å². The molecule has 5 nitrogen and oxygen atoms in total. The second-order valence-corrected chi connectivity index (χ2v) is 8.59. The van der Waals surface area contributed by atoms with Gasteiger partial charge < -0.3 is 20.1 Å². The van der Waals surface area contributed by atoms with E-state index in [4.69, 9.17) is 4.74 Å². The number of aromatic nitrogens is 1. The Hall–Kier alpha value is -4.09. The number of hydrogen-bond donors (Lipinski definition) is 3. The zero-order valence-electron chi connectivity index (χ0n) is 19.6. The van der Waals surface area contributed by atoms with Gasteiger partial charge in [-0.1, -0.05) is 66.7 Å². The Morgan fingerprint density at radius 3 is 2.57 bits per heavy atom. The van der Waals surface area contributed by atoms with Crippen molar-refractivity contribution in [2.75, 3.05) is 13.2 Å². The average molecular weight is 465 g/mol. The molecule has 0 fully saturated rings. The van der Waals surface area contributed by atoms with E-state index in [0.717, 1.165) is 38.4 Å². The first kappa shape index (κ1) is 22.7. The van der Waals surface area contributed by atoms with Gasteiger partial charge in [0.15, 0.2) is 0 Å². The van der Waals surface area contributed by atoms with Gasteiger partial charge in [0.1, 0.15) is 5.75 Å². The van der Waals surface area contributed by atoms with E-state index < -0.39 is 6.04 Å². The summed E-state index contributed by atoms with van der Waals surface area (Å²) < 4.78 is 5.79. The SMILES string of the molecule is CCOc1ccc(-c2cccc3ccccc23)cc1C(=O)NC(CO)Cc1c[nH]c2ccccc12. The van der Waals surface area contributed by atoms with Crippen LogP contribution in [0.1, 0.15) is 22.8 Å². The number of ether oxygens (including phenoxy) is 1. The van der Waals surface area contributed by atoms with Crippen molar-refractivity contribution in [3.05, 3.63) is 102 Å². The summed E-state index contributed by atoms with van der Waals surface area (Å²) in [4.78, 5) is 16.7. The average Bonchev–Trinajstić information content (AvgIpc) is 3.31. The molecule has 4 aromatic carbocycles. The Kier molecular flexibility index (Phi) is 6.51. The van der Waals surface area contributed by atoms with Crippen LogP contribution in [-0.2, 0) is 6.42 Å². The van der Waals surface area contributed by atoms with Crippen molar-refractivity contribution in [3.8, 4) is 16.9 Å². The van der Waals surface area contributed by atoms with Crippen molar-refractivity contribution in [2.45, 2.75) is 19.4 Å². The molecule has 0 saturated carbocycles. The maximum Gasteiger partial charge on any atom is 0.255 e. The molecule has 0 saturated heterocycles. The number of nitrogens with one attached hydrogen (secondary N) is 2. The van der Waals surface area contributed by atoms with Gasteiger partial charge in [-0.15, -0.1) is 0 Å².